The average Bonchev–Trinajstić information content (AvgIpc) is 3.05. The largest absolute Gasteiger partial charge is 0.351 e. The Morgan fingerprint density at radius 2 is 1.81 bits per heavy atom. The Morgan fingerprint density at radius 1 is 1.06 bits per heavy atom. The maximum Gasteiger partial charge on any atom is 0.254 e. The smallest absolute Gasteiger partial charge is 0.254 e. The van der Waals surface area contributed by atoms with Crippen LogP contribution < -0.4 is 15.5 Å². The molecular formula is C22H23F3N4O2. The maximum atomic E-state index is 13.7. The van der Waals surface area contributed by atoms with Crippen LogP contribution in [0.1, 0.15) is 23.2 Å². The van der Waals surface area contributed by atoms with Crippen molar-refractivity contribution in [1.29, 1.82) is 0 Å². The third kappa shape index (κ3) is 4.23. The van der Waals surface area contributed by atoms with Gasteiger partial charge >= 0.3 is 0 Å². The lowest BCUT2D eigenvalue weighted by molar-refractivity contribution is -0.125. The first-order chi connectivity index (χ1) is 14.9. The van der Waals surface area contributed by atoms with Gasteiger partial charge in [-0.25, -0.2) is 13.2 Å². The van der Waals surface area contributed by atoms with Gasteiger partial charge in [0, 0.05) is 37.9 Å². The number of rotatable bonds is 5. The molecular weight excluding hydrogens is 409 g/mol. The third-order valence-corrected chi connectivity index (χ3v) is 6.03. The van der Waals surface area contributed by atoms with Gasteiger partial charge in [0.1, 0.15) is 23.0 Å². The van der Waals surface area contributed by atoms with Gasteiger partial charge in [0.25, 0.3) is 5.91 Å². The van der Waals surface area contributed by atoms with Gasteiger partial charge in [0.05, 0.1) is 12.2 Å². The summed E-state index contributed by atoms with van der Waals surface area (Å²) >= 11 is 0. The summed E-state index contributed by atoms with van der Waals surface area (Å²) in [5, 5.41) is 5.52. The molecule has 2 heterocycles. The zero-order chi connectivity index (χ0) is 22.0. The number of hydrogen-bond donors (Lipinski definition) is 2. The van der Waals surface area contributed by atoms with Crippen LogP contribution >= 0.6 is 0 Å². The van der Waals surface area contributed by atoms with Crippen LogP contribution in [0, 0.1) is 17.5 Å². The Morgan fingerprint density at radius 3 is 2.52 bits per heavy atom. The Hall–Kier alpha value is -3.07. The van der Waals surface area contributed by atoms with Crippen LogP contribution in [0.3, 0.4) is 0 Å². The predicted octanol–water partition coefficient (Wildman–Crippen LogP) is 2.26. The van der Waals surface area contributed by atoms with Gasteiger partial charge in [-0.15, -0.1) is 0 Å². The molecule has 0 bridgehead atoms. The van der Waals surface area contributed by atoms with E-state index in [9.17, 15) is 22.8 Å². The Bertz CT molecular complexity index is 992. The second-order valence-electron chi connectivity index (χ2n) is 7.83. The van der Waals surface area contributed by atoms with Crippen LogP contribution in [0.2, 0.25) is 0 Å². The lowest BCUT2D eigenvalue weighted by atomic mass is 9.85. The van der Waals surface area contributed by atoms with Gasteiger partial charge in [-0.3, -0.25) is 9.59 Å². The third-order valence-electron chi connectivity index (χ3n) is 6.03. The molecule has 0 aliphatic carbocycles. The van der Waals surface area contributed by atoms with Crippen molar-refractivity contribution in [2.45, 2.75) is 18.4 Å². The summed E-state index contributed by atoms with van der Waals surface area (Å²) in [5.74, 6) is -2.64. The number of halogens is 3. The van der Waals surface area contributed by atoms with Gasteiger partial charge in [-0.1, -0.05) is 6.07 Å². The molecule has 2 saturated heterocycles. The molecule has 9 heteroatoms. The quantitative estimate of drug-likeness (QED) is 0.761. The number of benzene rings is 2. The molecule has 31 heavy (non-hydrogen) atoms. The summed E-state index contributed by atoms with van der Waals surface area (Å²) in [7, 11) is 0. The minimum Gasteiger partial charge on any atom is -0.351 e. The van der Waals surface area contributed by atoms with Crippen molar-refractivity contribution in [1.82, 2.24) is 15.5 Å². The monoisotopic (exact) mass is 432 g/mol. The van der Waals surface area contributed by atoms with E-state index in [0.717, 1.165) is 12.1 Å². The molecule has 164 valence electrons. The zero-order valence-corrected chi connectivity index (χ0v) is 16.8. The molecule has 0 unspecified atom stereocenters. The molecule has 0 aromatic heterocycles. The number of anilines is 1. The van der Waals surface area contributed by atoms with E-state index in [0.29, 0.717) is 57.4 Å². The number of carbonyl (C=O) groups is 2. The van der Waals surface area contributed by atoms with E-state index in [1.54, 1.807) is 12.1 Å². The summed E-state index contributed by atoms with van der Waals surface area (Å²) in [6.45, 7) is 2.41. The van der Waals surface area contributed by atoms with Crippen LogP contribution in [0.4, 0.5) is 18.9 Å². The predicted molar refractivity (Wildman–Crippen MR) is 109 cm³/mol. The molecule has 2 aliphatic rings. The van der Waals surface area contributed by atoms with E-state index in [-0.39, 0.29) is 17.3 Å². The van der Waals surface area contributed by atoms with Crippen molar-refractivity contribution >= 4 is 17.5 Å². The summed E-state index contributed by atoms with van der Waals surface area (Å²) in [5.41, 5.74) is -0.252. The van der Waals surface area contributed by atoms with E-state index in [4.69, 9.17) is 0 Å². The number of amides is 2. The van der Waals surface area contributed by atoms with E-state index in [2.05, 4.69) is 15.5 Å². The van der Waals surface area contributed by atoms with Crippen molar-refractivity contribution in [2.75, 3.05) is 37.7 Å². The molecule has 6 nitrogen and oxygen atoms in total. The molecule has 2 aliphatic heterocycles. The summed E-state index contributed by atoms with van der Waals surface area (Å²) in [4.78, 5) is 28.8. The first kappa shape index (κ1) is 21.2. The normalized spacial score (nSPS) is 18.3. The van der Waals surface area contributed by atoms with Crippen molar-refractivity contribution in [3.05, 3.63) is 65.5 Å². The molecule has 0 atom stereocenters. The van der Waals surface area contributed by atoms with Crippen molar-refractivity contribution in [3.63, 3.8) is 0 Å². The SMILES string of the molecule is O=C(NCCN1CCC2(CC1)C(=O)NCN2c1cccc(F)c1)c1ccc(F)cc1F. The topological polar surface area (TPSA) is 64.7 Å². The summed E-state index contributed by atoms with van der Waals surface area (Å²) < 4.78 is 40.4. The highest BCUT2D eigenvalue weighted by Gasteiger charge is 2.50. The fraction of sp³-hybridized carbons (Fsp3) is 0.364. The highest BCUT2D eigenvalue weighted by molar-refractivity contribution is 5.94. The van der Waals surface area contributed by atoms with Crippen LogP contribution in [0.25, 0.3) is 0 Å². The maximum absolute atomic E-state index is 13.7. The lowest BCUT2D eigenvalue weighted by Crippen LogP contribution is -2.57. The van der Waals surface area contributed by atoms with Crippen LogP contribution in [-0.2, 0) is 4.79 Å². The van der Waals surface area contributed by atoms with E-state index < -0.39 is 23.1 Å². The van der Waals surface area contributed by atoms with Gasteiger partial charge < -0.3 is 20.4 Å². The van der Waals surface area contributed by atoms with Gasteiger partial charge in [-0.05, 0) is 43.2 Å². The molecule has 1 spiro atoms. The molecule has 0 radical (unpaired) electrons. The summed E-state index contributed by atoms with van der Waals surface area (Å²) in [6.07, 6.45) is 1.13. The van der Waals surface area contributed by atoms with Gasteiger partial charge in [0.15, 0.2) is 0 Å². The fourth-order valence-electron chi connectivity index (χ4n) is 4.31. The van der Waals surface area contributed by atoms with Gasteiger partial charge in [0.2, 0.25) is 5.91 Å². The standard InChI is InChI=1S/C22H23F3N4O2/c23-15-2-1-3-17(12-15)29-14-27-21(31)22(29)6-9-28(10-7-22)11-8-26-20(30)18-5-4-16(24)13-19(18)25/h1-5,12-13H,6-11,14H2,(H,26,30)(H,27,31). The molecule has 4 rings (SSSR count). The minimum absolute atomic E-state index is 0.0588. The van der Waals surface area contributed by atoms with Crippen LogP contribution in [0.5, 0.6) is 0 Å². The highest BCUT2D eigenvalue weighted by atomic mass is 19.1. The van der Waals surface area contributed by atoms with Gasteiger partial charge in [-0.2, -0.15) is 0 Å². The first-order valence-corrected chi connectivity index (χ1v) is 10.2. The second-order valence-corrected chi connectivity index (χ2v) is 7.83. The molecule has 2 N–H and O–H groups in total. The number of nitrogens with zero attached hydrogens (tertiary/aromatic N) is 2. The zero-order valence-electron chi connectivity index (χ0n) is 16.8. The van der Waals surface area contributed by atoms with Crippen molar-refractivity contribution in [2.24, 2.45) is 0 Å². The van der Waals surface area contributed by atoms with E-state index >= 15 is 0 Å². The number of carbonyl (C=O) groups excluding carboxylic acids is 2. The number of piperidine rings is 1. The number of hydrogen-bond acceptors (Lipinski definition) is 4. The van der Waals surface area contributed by atoms with E-state index in [1.807, 2.05) is 4.90 Å². The van der Waals surface area contributed by atoms with E-state index in [1.165, 1.54) is 12.1 Å². The Balaban J connectivity index is 1.32. The second kappa shape index (κ2) is 8.58. The molecule has 2 fully saturated rings. The van der Waals surface area contributed by atoms with Crippen molar-refractivity contribution in [3.8, 4) is 0 Å². The van der Waals surface area contributed by atoms with Crippen LogP contribution in [0.15, 0.2) is 42.5 Å². The molecule has 2 amide bonds. The van der Waals surface area contributed by atoms with Crippen molar-refractivity contribution < 1.29 is 22.8 Å². The Kier molecular flexibility index (Phi) is 5.86. The Labute approximate surface area is 178 Å². The minimum atomic E-state index is -0.901. The highest BCUT2D eigenvalue weighted by Crippen LogP contribution is 2.36. The first-order valence-electron chi connectivity index (χ1n) is 10.2. The molecule has 2 aromatic rings. The van der Waals surface area contributed by atoms with Crippen LogP contribution in [-0.4, -0.2) is 55.1 Å². The summed E-state index contributed by atoms with van der Waals surface area (Å²) in [6, 6.07) is 9.05. The molecule has 2 aromatic carbocycles. The lowest BCUT2D eigenvalue weighted by Gasteiger charge is -2.43. The fourth-order valence-corrected chi connectivity index (χ4v) is 4.31. The molecule has 0 saturated carbocycles. The average molecular weight is 432 g/mol. The number of nitrogens with one attached hydrogen (secondary N) is 2. The number of likely N-dealkylation sites (tertiary alicyclic amines) is 1.